The van der Waals surface area contributed by atoms with Crippen LogP contribution < -0.4 is 5.32 Å². The van der Waals surface area contributed by atoms with Gasteiger partial charge >= 0.3 is 5.97 Å². The molecule has 0 saturated carbocycles. The first kappa shape index (κ1) is 18.3. The third kappa shape index (κ3) is 4.54. The Morgan fingerprint density at radius 2 is 2.15 bits per heavy atom. The minimum Gasteiger partial charge on any atom is -0.468 e. The summed E-state index contributed by atoms with van der Waals surface area (Å²) in [6.07, 6.45) is 6.03. The molecular formula is C19H24N2O5. The lowest BCUT2D eigenvalue weighted by molar-refractivity contribution is -0.123. The van der Waals surface area contributed by atoms with Crippen LogP contribution in [0.1, 0.15) is 53.8 Å². The molecule has 0 aromatic carbocycles. The number of amides is 1. The number of hydrogen-bond donors (Lipinski definition) is 1. The smallest absolute Gasteiger partial charge is 0.373 e. The maximum Gasteiger partial charge on any atom is 0.373 e. The Labute approximate surface area is 152 Å². The number of furan rings is 2. The van der Waals surface area contributed by atoms with Crippen molar-refractivity contribution < 1.29 is 23.2 Å². The molecule has 1 N–H and O–H groups in total. The zero-order valence-electron chi connectivity index (χ0n) is 14.9. The van der Waals surface area contributed by atoms with Crippen LogP contribution in [0.5, 0.6) is 0 Å². The second-order valence-corrected chi connectivity index (χ2v) is 6.39. The maximum absolute atomic E-state index is 12.4. The van der Waals surface area contributed by atoms with E-state index < -0.39 is 5.97 Å². The van der Waals surface area contributed by atoms with Gasteiger partial charge in [0.15, 0.2) is 0 Å². The quantitative estimate of drug-likeness (QED) is 0.798. The molecule has 2 aromatic heterocycles. The number of hydrogen-bond acceptors (Lipinski definition) is 6. The lowest BCUT2D eigenvalue weighted by atomic mass is 10.1. The Bertz CT molecular complexity index is 722. The number of carbonyl (C=O) groups is 2. The fourth-order valence-electron chi connectivity index (χ4n) is 3.27. The normalized spacial score (nSPS) is 18.3. The van der Waals surface area contributed by atoms with Crippen LogP contribution in [-0.4, -0.2) is 37.0 Å². The van der Waals surface area contributed by atoms with Gasteiger partial charge in [-0.15, -0.1) is 0 Å². The third-order valence-electron chi connectivity index (χ3n) is 4.59. The SMILES string of the molecule is COC(=O)c1ccc(CNC(=O)CN2CCCCCC2c2ccco2)o1. The molecular weight excluding hydrogens is 336 g/mol. The molecule has 1 saturated heterocycles. The van der Waals surface area contributed by atoms with Crippen molar-refractivity contribution >= 4 is 11.9 Å². The maximum atomic E-state index is 12.4. The number of nitrogens with one attached hydrogen (secondary N) is 1. The number of likely N-dealkylation sites (tertiary alicyclic amines) is 1. The highest BCUT2D eigenvalue weighted by atomic mass is 16.5. The van der Waals surface area contributed by atoms with Crippen molar-refractivity contribution in [3.05, 3.63) is 47.8 Å². The van der Waals surface area contributed by atoms with Gasteiger partial charge in [-0.3, -0.25) is 9.69 Å². The van der Waals surface area contributed by atoms with E-state index in [-0.39, 0.29) is 24.3 Å². The first-order chi connectivity index (χ1) is 12.7. The number of esters is 1. The molecule has 3 rings (SSSR count). The zero-order chi connectivity index (χ0) is 18.4. The fraction of sp³-hybridized carbons (Fsp3) is 0.474. The van der Waals surface area contributed by atoms with Crippen LogP contribution in [0.3, 0.4) is 0 Å². The molecule has 2 aromatic rings. The summed E-state index contributed by atoms with van der Waals surface area (Å²) in [5, 5.41) is 2.85. The summed E-state index contributed by atoms with van der Waals surface area (Å²) >= 11 is 0. The van der Waals surface area contributed by atoms with E-state index >= 15 is 0 Å². The molecule has 0 bridgehead atoms. The van der Waals surface area contributed by atoms with Crippen molar-refractivity contribution in [2.75, 3.05) is 20.2 Å². The Balaban J connectivity index is 1.55. The highest BCUT2D eigenvalue weighted by Crippen LogP contribution is 2.30. The van der Waals surface area contributed by atoms with Crippen LogP contribution in [0.15, 0.2) is 39.4 Å². The summed E-state index contributed by atoms with van der Waals surface area (Å²) < 4.78 is 15.5. The van der Waals surface area contributed by atoms with E-state index in [2.05, 4.69) is 15.0 Å². The minimum atomic E-state index is -0.534. The van der Waals surface area contributed by atoms with Crippen molar-refractivity contribution in [3.8, 4) is 0 Å². The average molecular weight is 360 g/mol. The van der Waals surface area contributed by atoms with Gasteiger partial charge in [-0.1, -0.05) is 12.8 Å². The predicted octanol–water partition coefficient (Wildman–Crippen LogP) is 2.89. The van der Waals surface area contributed by atoms with E-state index in [9.17, 15) is 9.59 Å². The lowest BCUT2D eigenvalue weighted by Gasteiger charge is -2.27. The summed E-state index contributed by atoms with van der Waals surface area (Å²) in [5.41, 5.74) is 0. The van der Waals surface area contributed by atoms with Gasteiger partial charge in [0.1, 0.15) is 11.5 Å². The van der Waals surface area contributed by atoms with Crippen molar-refractivity contribution in [2.24, 2.45) is 0 Å². The minimum absolute atomic E-state index is 0.0838. The zero-order valence-corrected chi connectivity index (χ0v) is 14.9. The molecule has 140 valence electrons. The second kappa shape index (κ2) is 8.71. The van der Waals surface area contributed by atoms with Gasteiger partial charge in [-0.05, 0) is 43.7 Å². The average Bonchev–Trinajstić information content (AvgIpc) is 3.29. The van der Waals surface area contributed by atoms with Crippen LogP contribution in [-0.2, 0) is 16.1 Å². The fourth-order valence-corrected chi connectivity index (χ4v) is 3.27. The van der Waals surface area contributed by atoms with Gasteiger partial charge in [-0.2, -0.15) is 0 Å². The molecule has 1 aliphatic rings. The summed E-state index contributed by atoms with van der Waals surface area (Å²) in [4.78, 5) is 26.0. The number of methoxy groups -OCH3 is 1. The topological polar surface area (TPSA) is 84.9 Å². The Hall–Kier alpha value is -2.54. The summed E-state index contributed by atoms with van der Waals surface area (Å²) in [6.45, 7) is 1.40. The van der Waals surface area contributed by atoms with E-state index in [1.807, 2.05) is 12.1 Å². The molecule has 0 radical (unpaired) electrons. The molecule has 0 aliphatic carbocycles. The van der Waals surface area contributed by atoms with E-state index in [0.717, 1.165) is 38.0 Å². The van der Waals surface area contributed by atoms with Crippen LogP contribution in [0.25, 0.3) is 0 Å². The van der Waals surface area contributed by atoms with Crippen LogP contribution in [0, 0.1) is 0 Å². The standard InChI is InChI=1S/C19H24N2O5/c1-24-19(23)17-9-8-14(26-17)12-20-18(22)13-21-10-4-2-3-6-15(21)16-7-5-11-25-16/h5,7-9,11,15H,2-4,6,10,12-13H2,1H3,(H,20,22). The Kier molecular flexibility index (Phi) is 6.12. The van der Waals surface area contributed by atoms with Crippen LogP contribution >= 0.6 is 0 Å². The van der Waals surface area contributed by atoms with E-state index in [4.69, 9.17) is 8.83 Å². The molecule has 1 aliphatic heterocycles. The van der Waals surface area contributed by atoms with Gasteiger partial charge in [0.25, 0.3) is 0 Å². The number of rotatable bonds is 6. The first-order valence-corrected chi connectivity index (χ1v) is 8.88. The molecule has 3 heterocycles. The molecule has 1 amide bonds. The summed E-state index contributed by atoms with van der Waals surface area (Å²) in [5.74, 6) is 0.931. The molecule has 0 spiro atoms. The molecule has 7 heteroatoms. The van der Waals surface area contributed by atoms with Crippen molar-refractivity contribution in [3.63, 3.8) is 0 Å². The van der Waals surface area contributed by atoms with E-state index in [1.165, 1.54) is 13.2 Å². The highest BCUT2D eigenvalue weighted by molar-refractivity contribution is 5.86. The number of carbonyl (C=O) groups excluding carboxylic acids is 2. The highest BCUT2D eigenvalue weighted by Gasteiger charge is 2.26. The molecule has 7 nitrogen and oxygen atoms in total. The molecule has 1 atom stereocenters. The van der Waals surface area contributed by atoms with Crippen LogP contribution in [0.4, 0.5) is 0 Å². The first-order valence-electron chi connectivity index (χ1n) is 8.88. The van der Waals surface area contributed by atoms with Gasteiger partial charge in [0.2, 0.25) is 11.7 Å². The number of ether oxygens (including phenoxy) is 1. The van der Waals surface area contributed by atoms with Crippen molar-refractivity contribution in [2.45, 2.75) is 38.3 Å². The number of nitrogens with zero attached hydrogens (tertiary/aromatic N) is 1. The molecule has 1 fully saturated rings. The third-order valence-corrected chi connectivity index (χ3v) is 4.59. The van der Waals surface area contributed by atoms with Gasteiger partial charge < -0.3 is 18.9 Å². The predicted molar refractivity (Wildman–Crippen MR) is 93.4 cm³/mol. The molecule has 26 heavy (non-hydrogen) atoms. The monoisotopic (exact) mass is 360 g/mol. The van der Waals surface area contributed by atoms with E-state index in [1.54, 1.807) is 12.3 Å². The largest absolute Gasteiger partial charge is 0.468 e. The van der Waals surface area contributed by atoms with Crippen molar-refractivity contribution in [1.82, 2.24) is 10.2 Å². The summed E-state index contributed by atoms with van der Waals surface area (Å²) in [6, 6.07) is 7.18. The Morgan fingerprint density at radius 1 is 1.27 bits per heavy atom. The van der Waals surface area contributed by atoms with Gasteiger partial charge in [-0.25, -0.2) is 4.79 Å². The van der Waals surface area contributed by atoms with Gasteiger partial charge in [0.05, 0.1) is 32.5 Å². The molecule has 1 unspecified atom stereocenters. The lowest BCUT2D eigenvalue weighted by Crippen LogP contribution is -2.39. The van der Waals surface area contributed by atoms with Crippen molar-refractivity contribution in [1.29, 1.82) is 0 Å². The van der Waals surface area contributed by atoms with Gasteiger partial charge in [0, 0.05) is 0 Å². The Morgan fingerprint density at radius 3 is 2.92 bits per heavy atom. The summed E-state index contributed by atoms with van der Waals surface area (Å²) in [7, 11) is 1.29. The van der Waals surface area contributed by atoms with Crippen LogP contribution in [0.2, 0.25) is 0 Å². The van der Waals surface area contributed by atoms with E-state index in [0.29, 0.717) is 12.3 Å². The second-order valence-electron chi connectivity index (χ2n) is 6.39.